The van der Waals surface area contributed by atoms with E-state index in [-0.39, 0.29) is 24.1 Å². The fourth-order valence-corrected chi connectivity index (χ4v) is 2.28. The molecule has 0 aliphatic carbocycles. The van der Waals surface area contributed by atoms with E-state index in [0.29, 0.717) is 12.1 Å². The number of carbonyl (C=O) groups excluding carboxylic acids is 1. The number of benzene rings is 2. The Kier molecular flexibility index (Phi) is 5.74. The number of amides is 1. The first-order chi connectivity index (χ1) is 11.0. The van der Waals surface area contributed by atoms with E-state index in [4.69, 9.17) is 4.74 Å². The number of anilines is 1. The standard InChI is InChI=1S/C19H22FNO2/c1-4-14-9-10-18(16(20)11-14)23-12-15-13(3)7-6-8-17(15)21-19(22)5-2/h6-11H,4-5,12H2,1-3H3,(H,21,22). The number of carbonyl (C=O) groups is 1. The van der Waals surface area contributed by atoms with Crippen molar-refractivity contribution in [2.45, 2.75) is 40.2 Å². The highest BCUT2D eigenvalue weighted by atomic mass is 19.1. The number of ether oxygens (including phenoxy) is 1. The summed E-state index contributed by atoms with van der Waals surface area (Å²) in [7, 11) is 0. The Morgan fingerprint density at radius 1 is 1.22 bits per heavy atom. The third-order valence-electron chi connectivity index (χ3n) is 3.78. The second-order valence-corrected chi connectivity index (χ2v) is 5.41. The van der Waals surface area contributed by atoms with Gasteiger partial charge in [-0.1, -0.05) is 32.0 Å². The van der Waals surface area contributed by atoms with Crippen LogP contribution in [0.3, 0.4) is 0 Å². The first-order valence-electron chi connectivity index (χ1n) is 7.84. The molecule has 0 fully saturated rings. The molecule has 0 aromatic heterocycles. The Labute approximate surface area is 136 Å². The van der Waals surface area contributed by atoms with Gasteiger partial charge in [0.2, 0.25) is 5.91 Å². The van der Waals surface area contributed by atoms with Crippen molar-refractivity contribution in [3.63, 3.8) is 0 Å². The van der Waals surface area contributed by atoms with E-state index in [1.54, 1.807) is 13.0 Å². The maximum absolute atomic E-state index is 14.0. The van der Waals surface area contributed by atoms with Crippen molar-refractivity contribution in [3.05, 3.63) is 58.9 Å². The van der Waals surface area contributed by atoms with Gasteiger partial charge in [-0.2, -0.15) is 0 Å². The minimum Gasteiger partial charge on any atom is -0.486 e. The highest BCUT2D eigenvalue weighted by Gasteiger charge is 2.11. The molecular weight excluding hydrogens is 293 g/mol. The Hall–Kier alpha value is -2.36. The van der Waals surface area contributed by atoms with Gasteiger partial charge in [0.05, 0.1) is 0 Å². The van der Waals surface area contributed by atoms with Crippen molar-refractivity contribution in [1.29, 1.82) is 0 Å². The molecule has 1 N–H and O–H groups in total. The second-order valence-electron chi connectivity index (χ2n) is 5.41. The van der Waals surface area contributed by atoms with Gasteiger partial charge in [0.1, 0.15) is 6.61 Å². The SMILES string of the molecule is CCC(=O)Nc1cccc(C)c1COc1ccc(CC)cc1F. The molecular formula is C19H22FNO2. The van der Waals surface area contributed by atoms with E-state index in [2.05, 4.69) is 5.32 Å². The second kappa shape index (κ2) is 7.77. The zero-order valence-electron chi connectivity index (χ0n) is 13.8. The number of halogens is 1. The van der Waals surface area contributed by atoms with Crippen LogP contribution in [0.5, 0.6) is 5.75 Å². The van der Waals surface area contributed by atoms with Crippen LogP contribution < -0.4 is 10.1 Å². The molecule has 4 heteroatoms. The predicted molar refractivity (Wildman–Crippen MR) is 90.2 cm³/mol. The fourth-order valence-electron chi connectivity index (χ4n) is 2.28. The number of hydrogen-bond acceptors (Lipinski definition) is 2. The van der Waals surface area contributed by atoms with Crippen LogP contribution in [0.15, 0.2) is 36.4 Å². The third-order valence-corrected chi connectivity index (χ3v) is 3.78. The van der Waals surface area contributed by atoms with E-state index >= 15 is 0 Å². The monoisotopic (exact) mass is 315 g/mol. The Balaban J connectivity index is 2.18. The summed E-state index contributed by atoms with van der Waals surface area (Å²) in [5, 5.41) is 2.86. The molecule has 0 saturated carbocycles. The Morgan fingerprint density at radius 2 is 2.00 bits per heavy atom. The van der Waals surface area contributed by atoms with E-state index in [9.17, 15) is 9.18 Å². The maximum atomic E-state index is 14.0. The van der Waals surface area contributed by atoms with Crippen molar-refractivity contribution < 1.29 is 13.9 Å². The smallest absolute Gasteiger partial charge is 0.224 e. The van der Waals surface area contributed by atoms with Gasteiger partial charge >= 0.3 is 0 Å². The molecule has 2 aromatic carbocycles. The summed E-state index contributed by atoms with van der Waals surface area (Å²) in [6.45, 7) is 5.92. The van der Waals surface area contributed by atoms with Gasteiger partial charge in [-0.3, -0.25) is 4.79 Å². The molecule has 0 saturated heterocycles. The minimum absolute atomic E-state index is 0.0599. The molecule has 122 valence electrons. The lowest BCUT2D eigenvalue weighted by Gasteiger charge is -2.15. The largest absolute Gasteiger partial charge is 0.486 e. The molecule has 0 unspecified atom stereocenters. The lowest BCUT2D eigenvalue weighted by molar-refractivity contribution is -0.115. The summed E-state index contributed by atoms with van der Waals surface area (Å²) in [5.74, 6) is -0.203. The van der Waals surface area contributed by atoms with Gasteiger partial charge < -0.3 is 10.1 Å². The number of rotatable bonds is 6. The summed E-state index contributed by atoms with van der Waals surface area (Å²) in [6.07, 6.45) is 1.18. The van der Waals surface area contributed by atoms with Crippen LogP contribution in [-0.4, -0.2) is 5.91 Å². The number of nitrogens with one attached hydrogen (secondary N) is 1. The maximum Gasteiger partial charge on any atom is 0.224 e. The van der Waals surface area contributed by atoms with Gasteiger partial charge in [0.15, 0.2) is 11.6 Å². The third kappa shape index (κ3) is 4.31. The predicted octanol–water partition coefficient (Wildman–Crippen LogP) is 4.62. The van der Waals surface area contributed by atoms with Gasteiger partial charge in [0, 0.05) is 17.7 Å². The Bertz CT molecular complexity index is 698. The van der Waals surface area contributed by atoms with Gasteiger partial charge in [-0.25, -0.2) is 4.39 Å². The summed E-state index contributed by atoms with van der Waals surface area (Å²) in [6, 6.07) is 10.6. The summed E-state index contributed by atoms with van der Waals surface area (Å²) in [4.78, 5) is 11.6. The lowest BCUT2D eigenvalue weighted by atomic mass is 10.1. The van der Waals surface area contributed by atoms with Gasteiger partial charge in [0.25, 0.3) is 0 Å². The molecule has 0 aliphatic rings. The molecule has 23 heavy (non-hydrogen) atoms. The van der Waals surface area contributed by atoms with Crippen LogP contribution in [0.2, 0.25) is 0 Å². The average molecular weight is 315 g/mol. The van der Waals surface area contributed by atoms with Crippen molar-refractivity contribution in [2.24, 2.45) is 0 Å². The molecule has 0 spiro atoms. The first kappa shape index (κ1) is 17.0. The molecule has 0 bridgehead atoms. The average Bonchev–Trinajstić information content (AvgIpc) is 2.55. The van der Waals surface area contributed by atoms with Crippen LogP contribution in [0, 0.1) is 12.7 Å². The summed E-state index contributed by atoms with van der Waals surface area (Å²) >= 11 is 0. The molecule has 0 atom stereocenters. The molecule has 2 aromatic rings. The molecule has 0 heterocycles. The van der Waals surface area contributed by atoms with E-state index < -0.39 is 0 Å². The van der Waals surface area contributed by atoms with Crippen LogP contribution in [0.1, 0.15) is 37.0 Å². The topological polar surface area (TPSA) is 38.3 Å². The summed E-state index contributed by atoms with van der Waals surface area (Å²) < 4.78 is 19.6. The lowest BCUT2D eigenvalue weighted by Crippen LogP contribution is -2.13. The zero-order valence-corrected chi connectivity index (χ0v) is 13.8. The van der Waals surface area contributed by atoms with Crippen LogP contribution >= 0.6 is 0 Å². The van der Waals surface area contributed by atoms with Crippen LogP contribution in [0.25, 0.3) is 0 Å². The van der Waals surface area contributed by atoms with E-state index in [1.165, 1.54) is 6.07 Å². The number of aryl methyl sites for hydroxylation is 2. The minimum atomic E-state index is -0.364. The van der Waals surface area contributed by atoms with E-state index in [1.807, 2.05) is 38.1 Å². The fraction of sp³-hybridized carbons (Fsp3) is 0.316. The quantitative estimate of drug-likeness (QED) is 0.844. The molecule has 1 amide bonds. The van der Waals surface area contributed by atoms with Gasteiger partial charge in [-0.05, 0) is 42.7 Å². The summed E-state index contributed by atoms with van der Waals surface area (Å²) in [5.41, 5.74) is 3.49. The van der Waals surface area contributed by atoms with Crippen molar-refractivity contribution in [1.82, 2.24) is 0 Å². The Morgan fingerprint density at radius 3 is 2.65 bits per heavy atom. The van der Waals surface area contributed by atoms with Crippen molar-refractivity contribution in [3.8, 4) is 5.75 Å². The van der Waals surface area contributed by atoms with Gasteiger partial charge in [-0.15, -0.1) is 0 Å². The zero-order chi connectivity index (χ0) is 16.8. The van der Waals surface area contributed by atoms with Crippen molar-refractivity contribution in [2.75, 3.05) is 5.32 Å². The number of hydrogen-bond donors (Lipinski definition) is 1. The highest BCUT2D eigenvalue weighted by molar-refractivity contribution is 5.91. The highest BCUT2D eigenvalue weighted by Crippen LogP contribution is 2.24. The van der Waals surface area contributed by atoms with Crippen molar-refractivity contribution >= 4 is 11.6 Å². The van der Waals surface area contributed by atoms with E-state index in [0.717, 1.165) is 23.1 Å². The first-order valence-corrected chi connectivity index (χ1v) is 7.84. The molecule has 0 aliphatic heterocycles. The normalized spacial score (nSPS) is 10.4. The molecule has 2 rings (SSSR count). The molecule has 3 nitrogen and oxygen atoms in total. The molecule has 0 radical (unpaired) electrons. The van der Waals surface area contributed by atoms with Crippen LogP contribution in [-0.2, 0) is 17.8 Å². The van der Waals surface area contributed by atoms with Crippen LogP contribution in [0.4, 0.5) is 10.1 Å².